The van der Waals surface area contributed by atoms with Gasteiger partial charge in [0.15, 0.2) is 0 Å². The number of carbonyl (C=O) groups is 1. The Hall–Kier alpha value is -1.30. The fourth-order valence-corrected chi connectivity index (χ4v) is 2.31. The first kappa shape index (κ1) is 15.1. The average molecular weight is 299 g/mol. The van der Waals surface area contributed by atoms with E-state index in [0.717, 1.165) is 23.6 Å². The summed E-state index contributed by atoms with van der Waals surface area (Å²) >= 11 is 5.82. The Labute approximate surface area is 123 Å². The largest absolute Gasteiger partial charge is 0.453 e. The monoisotopic (exact) mass is 298 g/mol. The molecule has 1 aromatic rings. The molecule has 1 amide bonds. The number of benzene rings is 1. The molecule has 1 fully saturated rings. The molecular weight excluding hydrogens is 280 g/mol. The number of methoxy groups -OCH3 is 1. The Morgan fingerprint density at radius 2 is 2.20 bits per heavy atom. The van der Waals surface area contributed by atoms with Crippen LogP contribution >= 0.6 is 11.6 Å². The van der Waals surface area contributed by atoms with Crippen LogP contribution < -0.4 is 10.6 Å². The highest BCUT2D eigenvalue weighted by Crippen LogP contribution is 2.12. The summed E-state index contributed by atoms with van der Waals surface area (Å²) in [6.07, 6.45) is 0.454. The van der Waals surface area contributed by atoms with E-state index >= 15 is 0 Å². The lowest BCUT2D eigenvalue weighted by Crippen LogP contribution is -2.35. The number of hydrogen-bond acceptors (Lipinski definition) is 4. The van der Waals surface area contributed by atoms with E-state index in [1.807, 2.05) is 24.3 Å². The zero-order valence-electron chi connectivity index (χ0n) is 11.4. The van der Waals surface area contributed by atoms with Crippen molar-refractivity contribution < 1.29 is 14.3 Å². The van der Waals surface area contributed by atoms with Crippen LogP contribution in [0.3, 0.4) is 0 Å². The van der Waals surface area contributed by atoms with Crippen LogP contribution in [0.4, 0.5) is 4.79 Å². The molecule has 0 spiro atoms. The van der Waals surface area contributed by atoms with Crippen LogP contribution in [0.5, 0.6) is 0 Å². The molecule has 20 heavy (non-hydrogen) atoms. The van der Waals surface area contributed by atoms with E-state index in [1.54, 1.807) is 0 Å². The van der Waals surface area contributed by atoms with Gasteiger partial charge < -0.3 is 20.1 Å². The van der Waals surface area contributed by atoms with Gasteiger partial charge in [-0.2, -0.15) is 0 Å². The smallest absolute Gasteiger partial charge is 0.407 e. The SMILES string of the molecule is COC(=O)N[C@H]1CN[C@H](COCc2ccc(Cl)cc2)C1. The Kier molecular flexibility index (Phi) is 5.64. The van der Waals surface area contributed by atoms with Gasteiger partial charge in [-0.05, 0) is 24.1 Å². The molecule has 5 nitrogen and oxygen atoms in total. The van der Waals surface area contributed by atoms with E-state index in [9.17, 15) is 4.79 Å². The molecular formula is C14H19ClN2O3. The van der Waals surface area contributed by atoms with Gasteiger partial charge in [-0.3, -0.25) is 0 Å². The summed E-state index contributed by atoms with van der Waals surface area (Å²) in [6.45, 7) is 1.91. The van der Waals surface area contributed by atoms with Crippen LogP contribution in [0.1, 0.15) is 12.0 Å². The van der Waals surface area contributed by atoms with Crippen LogP contribution in [-0.4, -0.2) is 38.4 Å². The minimum Gasteiger partial charge on any atom is -0.453 e. The summed E-state index contributed by atoms with van der Waals surface area (Å²) in [7, 11) is 1.37. The molecule has 2 atom stereocenters. The highest BCUT2D eigenvalue weighted by atomic mass is 35.5. The van der Waals surface area contributed by atoms with Crippen molar-refractivity contribution in [1.82, 2.24) is 10.6 Å². The van der Waals surface area contributed by atoms with Gasteiger partial charge in [-0.1, -0.05) is 23.7 Å². The third-order valence-corrected chi connectivity index (χ3v) is 3.48. The van der Waals surface area contributed by atoms with Crippen LogP contribution in [-0.2, 0) is 16.1 Å². The van der Waals surface area contributed by atoms with Crippen LogP contribution in [0.25, 0.3) is 0 Å². The first-order valence-electron chi connectivity index (χ1n) is 6.57. The van der Waals surface area contributed by atoms with E-state index in [2.05, 4.69) is 15.4 Å². The average Bonchev–Trinajstić information content (AvgIpc) is 2.88. The topological polar surface area (TPSA) is 59.6 Å². The first-order chi connectivity index (χ1) is 9.67. The summed E-state index contributed by atoms with van der Waals surface area (Å²) in [5.74, 6) is 0. The predicted octanol–water partition coefficient (Wildman–Crippen LogP) is 1.94. The molecule has 1 aromatic carbocycles. The number of nitrogens with one attached hydrogen (secondary N) is 2. The number of halogens is 1. The van der Waals surface area contributed by atoms with Crippen molar-refractivity contribution in [3.63, 3.8) is 0 Å². The molecule has 1 aliphatic rings. The van der Waals surface area contributed by atoms with E-state index < -0.39 is 0 Å². The minimum atomic E-state index is -0.389. The molecule has 0 bridgehead atoms. The number of amides is 1. The molecule has 2 rings (SSSR count). The molecule has 0 radical (unpaired) electrons. The van der Waals surface area contributed by atoms with Gasteiger partial charge in [0.2, 0.25) is 0 Å². The molecule has 0 unspecified atom stereocenters. The van der Waals surface area contributed by atoms with E-state index in [0.29, 0.717) is 13.2 Å². The fraction of sp³-hybridized carbons (Fsp3) is 0.500. The van der Waals surface area contributed by atoms with Crippen molar-refractivity contribution in [3.8, 4) is 0 Å². The van der Waals surface area contributed by atoms with Crippen molar-refractivity contribution in [2.75, 3.05) is 20.3 Å². The van der Waals surface area contributed by atoms with Gasteiger partial charge in [0.05, 0.1) is 20.3 Å². The third-order valence-electron chi connectivity index (χ3n) is 3.23. The lowest BCUT2D eigenvalue weighted by molar-refractivity contribution is 0.103. The minimum absolute atomic E-state index is 0.103. The third kappa shape index (κ3) is 4.67. The molecule has 0 aromatic heterocycles. The van der Waals surface area contributed by atoms with Gasteiger partial charge in [0.25, 0.3) is 0 Å². The zero-order chi connectivity index (χ0) is 14.4. The number of hydrogen-bond donors (Lipinski definition) is 2. The summed E-state index contributed by atoms with van der Waals surface area (Å²) < 4.78 is 10.2. The maximum atomic E-state index is 11.1. The molecule has 1 saturated heterocycles. The van der Waals surface area contributed by atoms with Gasteiger partial charge >= 0.3 is 6.09 Å². The van der Waals surface area contributed by atoms with Crippen LogP contribution in [0.2, 0.25) is 5.02 Å². The lowest BCUT2D eigenvalue weighted by atomic mass is 10.2. The van der Waals surface area contributed by atoms with Crippen LogP contribution in [0.15, 0.2) is 24.3 Å². The normalized spacial score (nSPS) is 21.7. The maximum Gasteiger partial charge on any atom is 0.407 e. The molecule has 1 aliphatic heterocycles. The maximum absolute atomic E-state index is 11.1. The molecule has 0 saturated carbocycles. The Bertz CT molecular complexity index is 439. The van der Waals surface area contributed by atoms with Gasteiger partial charge in [0.1, 0.15) is 0 Å². The van der Waals surface area contributed by atoms with Crippen molar-refractivity contribution >= 4 is 17.7 Å². The van der Waals surface area contributed by atoms with Crippen molar-refractivity contribution in [2.24, 2.45) is 0 Å². The number of carbonyl (C=O) groups excluding carboxylic acids is 1. The lowest BCUT2D eigenvalue weighted by Gasteiger charge is -2.12. The molecule has 110 valence electrons. The van der Waals surface area contributed by atoms with E-state index in [4.69, 9.17) is 16.3 Å². The second-order valence-corrected chi connectivity index (χ2v) is 5.25. The molecule has 2 N–H and O–H groups in total. The molecule has 0 aliphatic carbocycles. The van der Waals surface area contributed by atoms with Crippen LogP contribution in [0, 0.1) is 0 Å². The van der Waals surface area contributed by atoms with Gasteiger partial charge in [-0.25, -0.2) is 4.79 Å². The second-order valence-electron chi connectivity index (χ2n) is 4.82. The van der Waals surface area contributed by atoms with Gasteiger partial charge in [-0.15, -0.1) is 0 Å². The Morgan fingerprint density at radius 3 is 2.90 bits per heavy atom. The van der Waals surface area contributed by atoms with Crippen molar-refractivity contribution in [1.29, 1.82) is 0 Å². The number of ether oxygens (including phenoxy) is 2. The first-order valence-corrected chi connectivity index (χ1v) is 6.95. The van der Waals surface area contributed by atoms with E-state index in [1.165, 1.54) is 7.11 Å². The predicted molar refractivity (Wildman–Crippen MR) is 76.8 cm³/mol. The summed E-state index contributed by atoms with van der Waals surface area (Å²) in [5, 5.41) is 6.82. The molecule has 6 heteroatoms. The van der Waals surface area contributed by atoms with Gasteiger partial charge in [0, 0.05) is 23.7 Å². The summed E-state index contributed by atoms with van der Waals surface area (Å²) in [6, 6.07) is 7.96. The van der Waals surface area contributed by atoms with Crippen molar-refractivity contribution in [3.05, 3.63) is 34.9 Å². The summed E-state index contributed by atoms with van der Waals surface area (Å²) in [4.78, 5) is 11.1. The highest BCUT2D eigenvalue weighted by molar-refractivity contribution is 6.30. The number of alkyl carbamates (subject to hydrolysis) is 1. The number of rotatable bonds is 5. The van der Waals surface area contributed by atoms with Crippen molar-refractivity contribution in [2.45, 2.75) is 25.1 Å². The summed E-state index contributed by atoms with van der Waals surface area (Å²) in [5.41, 5.74) is 1.09. The standard InChI is InChI=1S/C14H19ClN2O3/c1-19-14(18)17-12-6-13(16-7-12)9-20-8-10-2-4-11(15)5-3-10/h2-5,12-13,16H,6-9H2,1H3,(H,17,18)/t12-,13+/m1/s1. The quantitative estimate of drug-likeness (QED) is 0.872. The second kappa shape index (κ2) is 7.47. The Morgan fingerprint density at radius 1 is 1.45 bits per heavy atom. The zero-order valence-corrected chi connectivity index (χ0v) is 12.2. The Balaban J connectivity index is 1.65. The fourth-order valence-electron chi connectivity index (χ4n) is 2.18. The highest BCUT2D eigenvalue weighted by Gasteiger charge is 2.25. The van der Waals surface area contributed by atoms with E-state index in [-0.39, 0.29) is 18.2 Å². The molecule has 1 heterocycles.